The summed E-state index contributed by atoms with van der Waals surface area (Å²) in [6.07, 6.45) is 4.14. The van der Waals surface area contributed by atoms with E-state index in [1.807, 2.05) is 25.1 Å². The molecule has 1 aliphatic rings. The highest BCUT2D eigenvalue weighted by Gasteiger charge is 2.12. The summed E-state index contributed by atoms with van der Waals surface area (Å²) in [6, 6.07) is 11.1. The molecule has 132 valence electrons. The molecule has 2 heterocycles. The van der Waals surface area contributed by atoms with Crippen molar-refractivity contribution in [1.82, 2.24) is 14.8 Å². The summed E-state index contributed by atoms with van der Waals surface area (Å²) in [5.74, 6) is -0.156. The lowest BCUT2D eigenvalue weighted by molar-refractivity contribution is 0.0950. The van der Waals surface area contributed by atoms with Gasteiger partial charge in [-0.2, -0.15) is 0 Å². The molecule has 0 unspecified atom stereocenters. The van der Waals surface area contributed by atoms with E-state index in [4.69, 9.17) is 0 Å². The molecular formula is C20H25N3O2. The maximum absolute atomic E-state index is 12.4. The molecule has 1 saturated heterocycles. The van der Waals surface area contributed by atoms with E-state index in [1.54, 1.807) is 16.8 Å². The highest BCUT2D eigenvalue weighted by molar-refractivity contribution is 5.93. The number of carbonyl (C=O) groups excluding carboxylic acids is 1. The molecule has 5 nitrogen and oxygen atoms in total. The van der Waals surface area contributed by atoms with Crippen LogP contribution in [0.1, 0.15) is 34.3 Å². The van der Waals surface area contributed by atoms with E-state index in [1.165, 1.54) is 24.5 Å². The van der Waals surface area contributed by atoms with Crippen LogP contribution in [0, 0.1) is 6.92 Å². The third kappa shape index (κ3) is 4.79. The fourth-order valence-electron chi connectivity index (χ4n) is 3.20. The average molecular weight is 339 g/mol. The highest BCUT2D eigenvalue weighted by Crippen LogP contribution is 2.07. The van der Waals surface area contributed by atoms with Gasteiger partial charge in [-0.05, 0) is 44.5 Å². The second kappa shape index (κ2) is 8.12. The summed E-state index contributed by atoms with van der Waals surface area (Å²) < 4.78 is 1.64. The molecule has 1 aromatic heterocycles. The zero-order valence-electron chi connectivity index (χ0n) is 14.7. The Labute approximate surface area is 148 Å². The Hall–Kier alpha value is -2.40. The van der Waals surface area contributed by atoms with Gasteiger partial charge in [0, 0.05) is 31.9 Å². The van der Waals surface area contributed by atoms with Gasteiger partial charge in [-0.25, -0.2) is 0 Å². The van der Waals surface area contributed by atoms with Crippen molar-refractivity contribution in [2.45, 2.75) is 32.9 Å². The van der Waals surface area contributed by atoms with Gasteiger partial charge in [0.15, 0.2) is 0 Å². The topological polar surface area (TPSA) is 54.3 Å². The van der Waals surface area contributed by atoms with E-state index >= 15 is 0 Å². The van der Waals surface area contributed by atoms with Crippen molar-refractivity contribution in [2.75, 3.05) is 19.6 Å². The summed E-state index contributed by atoms with van der Waals surface area (Å²) in [4.78, 5) is 26.8. The molecule has 0 atom stereocenters. The van der Waals surface area contributed by atoms with Crippen LogP contribution in [0.15, 0.2) is 47.4 Å². The number of likely N-dealkylation sites (tertiary alicyclic amines) is 1. The molecule has 5 heteroatoms. The first-order chi connectivity index (χ1) is 12.1. The van der Waals surface area contributed by atoms with Crippen LogP contribution < -0.4 is 10.9 Å². The van der Waals surface area contributed by atoms with Crippen molar-refractivity contribution in [3.05, 3.63) is 69.6 Å². The number of aryl methyl sites for hydroxylation is 1. The molecule has 2 aromatic rings. The van der Waals surface area contributed by atoms with Crippen LogP contribution in [0.2, 0.25) is 0 Å². The van der Waals surface area contributed by atoms with Crippen LogP contribution in [-0.4, -0.2) is 35.0 Å². The van der Waals surface area contributed by atoms with E-state index in [-0.39, 0.29) is 11.5 Å². The Morgan fingerprint density at radius 3 is 2.68 bits per heavy atom. The van der Waals surface area contributed by atoms with Gasteiger partial charge in [0.2, 0.25) is 0 Å². The van der Waals surface area contributed by atoms with Crippen LogP contribution in [-0.2, 0) is 13.1 Å². The Balaban J connectivity index is 1.61. The summed E-state index contributed by atoms with van der Waals surface area (Å²) in [5.41, 5.74) is 2.70. The van der Waals surface area contributed by atoms with Gasteiger partial charge in [0.25, 0.3) is 11.5 Å². The molecule has 25 heavy (non-hydrogen) atoms. The largest absolute Gasteiger partial charge is 0.348 e. The molecule has 0 radical (unpaired) electrons. The van der Waals surface area contributed by atoms with Gasteiger partial charge in [0.1, 0.15) is 0 Å². The van der Waals surface area contributed by atoms with E-state index in [0.29, 0.717) is 18.7 Å². The summed E-state index contributed by atoms with van der Waals surface area (Å²) in [5, 5.41) is 2.92. The fourth-order valence-corrected chi connectivity index (χ4v) is 3.20. The van der Waals surface area contributed by atoms with Crippen LogP contribution in [0.4, 0.5) is 0 Å². The number of nitrogens with zero attached hydrogens (tertiary/aromatic N) is 2. The Kier molecular flexibility index (Phi) is 5.66. The molecule has 0 aliphatic carbocycles. The summed E-state index contributed by atoms with van der Waals surface area (Å²) in [6.45, 7) is 6.19. The first kappa shape index (κ1) is 17.4. The van der Waals surface area contributed by atoms with Crippen LogP contribution in [0.3, 0.4) is 0 Å². The molecule has 1 aliphatic heterocycles. The smallest absolute Gasteiger partial charge is 0.253 e. The lowest BCUT2D eigenvalue weighted by Gasteiger charge is -2.15. The first-order valence-corrected chi connectivity index (χ1v) is 8.88. The minimum Gasteiger partial charge on any atom is -0.348 e. The van der Waals surface area contributed by atoms with Crippen molar-refractivity contribution in [3.63, 3.8) is 0 Å². The van der Waals surface area contributed by atoms with Crippen molar-refractivity contribution < 1.29 is 4.79 Å². The minimum atomic E-state index is -0.156. The van der Waals surface area contributed by atoms with Gasteiger partial charge in [-0.1, -0.05) is 29.8 Å². The number of nitrogens with one attached hydrogen (secondary N) is 1. The molecule has 1 amide bonds. The van der Waals surface area contributed by atoms with Crippen LogP contribution >= 0.6 is 0 Å². The zero-order chi connectivity index (χ0) is 17.6. The van der Waals surface area contributed by atoms with E-state index in [9.17, 15) is 9.59 Å². The molecular weight excluding hydrogens is 314 g/mol. The third-order valence-corrected chi connectivity index (χ3v) is 4.64. The van der Waals surface area contributed by atoms with Gasteiger partial charge in [-0.3, -0.25) is 9.59 Å². The number of pyridine rings is 1. The van der Waals surface area contributed by atoms with E-state index in [2.05, 4.69) is 16.3 Å². The number of hydrogen-bond donors (Lipinski definition) is 1. The van der Waals surface area contributed by atoms with Crippen molar-refractivity contribution >= 4 is 5.91 Å². The number of carbonyl (C=O) groups is 1. The predicted octanol–water partition coefficient (Wildman–Crippen LogP) is 2.18. The standard InChI is InChI=1S/C20H25N3O2/c1-16-5-4-6-17(13-16)14-21-20(25)18-7-8-19(24)23(15-18)12-11-22-9-2-3-10-22/h4-8,13,15H,2-3,9-12,14H2,1H3,(H,21,25). The molecule has 1 fully saturated rings. The average Bonchev–Trinajstić information content (AvgIpc) is 3.12. The molecule has 1 N–H and O–H groups in total. The number of amides is 1. The first-order valence-electron chi connectivity index (χ1n) is 8.88. The van der Waals surface area contributed by atoms with Crippen LogP contribution in [0.5, 0.6) is 0 Å². The van der Waals surface area contributed by atoms with Crippen molar-refractivity contribution in [3.8, 4) is 0 Å². The Bertz CT molecular complexity index is 792. The SMILES string of the molecule is Cc1cccc(CNC(=O)c2ccc(=O)n(CCN3CCCC3)c2)c1. The quantitative estimate of drug-likeness (QED) is 0.878. The number of aromatic nitrogens is 1. The third-order valence-electron chi connectivity index (χ3n) is 4.64. The normalized spacial score (nSPS) is 14.6. The summed E-state index contributed by atoms with van der Waals surface area (Å²) in [7, 11) is 0. The fraction of sp³-hybridized carbons (Fsp3) is 0.400. The van der Waals surface area contributed by atoms with E-state index < -0.39 is 0 Å². The molecule has 0 spiro atoms. The second-order valence-electron chi connectivity index (χ2n) is 6.67. The monoisotopic (exact) mass is 339 g/mol. The molecule has 0 saturated carbocycles. The molecule has 0 bridgehead atoms. The van der Waals surface area contributed by atoms with Gasteiger partial charge < -0.3 is 14.8 Å². The highest BCUT2D eigenvalue weighted by atomic mass is 16.2. The number of hydrogen-bond acceptors (Lipinski definition) is 3. The summed E-state index contributed by atoms with van der Waals surface area (Å²) >= 11 is 0. The van der Waals surface area contributed by atoms with Crippen molar-refractivity contribution in [2.24, 2.45) is 0 Å². The van der Waals surface area contributed by atoms with Crippen molar-refractivity contribution in [1.29, 1.82) is 0 Å². The predicted molar refractivity (Wildman–Crippen MR) is 98.7 cm³/mol. The maximum atomic E-state index is 12.4. The molecule has 3 rings (SSSR count). The van der Waals surface area contributed by atoms with Gasteiger partial charge in [-0.15, -0.1) is 0 Å². The number of rotatable bonds is 6. The van der Waals surface area contributed by atoms with Gasteiger partial charge >= 0.3 is 0 Å². The maximum Gasteiger partial charge on any atom is 0.253 e. The molecule has 1 aromatic carbocycles. The second-order valence-corrected chi connectivity index (χ2v) is 6.67. The van der Waals surface area contributed by atoms with Gasteiger partial charge in [0.05, 0.1) is 5.56 Å². The lowest BCUT2D eigenvalue weighted by Crippen LogP contribution is -2.30. The minimum absolute atomic E-state index is 0.0607. The zero-order valence-corrected chi connectivity index (χ0v) is 14.7. The number of benzene rings is 1. The Morgan fingerprint density at radius 1 is 1.12 bits per heavy atom. The Morgan fingerprint density at radius 2 is 1.92 bits per heavy atom. The van der Waals surface area contributed by atoms with Crippen LogP contribution in [0.25, 0.3) is 0 Å². The van der Waals surface area contributed by atoms with E-state index in [0.717, 1.165) is 25.2 Å². The lowest BCUT2D eigenvalue weighted by atomic mass is 10.1.